The molecule has 3 aliphatic carbocycles. The first-order chi connectivity index (χ1) is 21.4. The number of halogens is 3. The van der Waals surface area contributed by atoms with E-state index in [9.17, 15) is 52.8 Å². The largest absolute Gasteiger partial charge is 0.573 e. The van der Waals surface area contributed by atoms with Crippen molar-refractivity contribution in [1.29, 1.82) is 0 Å². The second kappa shape index (κ2) is 11.0. The minimum absolute atomic E-state index is 0.00632. The smallest absolute Gasteiger partial charge is 0.511 e. The number of Topliss-reactive ketones (excluding diaryl/α,β-unsaturated/α-hetero) is 2. The summed E-state index contributed by atoms with van der Waals surface area (Å²) in [5.74, 6) is -2.57. The lowest BCUT2D eigenvalue weighted by atomic mass is 9.60. The molecule has 0 aromatic heterocycles. The molecule has 0 unspecified atom stereocenters. The molecule has 46 heavy (non-hydrogen) atoms. The van der Waals surface area contributed by atoms with Crippen LogP contribution in [0.15, 0.2) is 53.0 Å². The van der Waals surface area contributed by atoms with E-state index in [0.29, 0.717) is 16.3 Å². The van der Waals surface area contributed by atoms with Crippen LogP contribution in [0.2, 0.25) is 0 Å². The molecular weight excluding hydrogens is 619 g/mol. The third kappa shape index (κ3) is 5.12. The zero-order valence-electron chi connectivity index (χ0n) is 24.2. The standard InChI is InChI=1S/C29H28F3N5O9/c1-36(2)16-10-17(37(34)27(44)35-13-3-5-14(6-4-13)46-29(30,31)32)22(39)20-15(16)8-11-7-12-9-18(38)21(26(33)43)25(42)28(12,45)24(41)19(11)23(20)40/h3-6,10-12,38-39,41,45H,7-9,34H2,1-2H3,(H2,33,43)(H,35,44)/t11-,12+,28+/m1/s1. The molecule has 3 atom stereocenters. The normalized spacial score (nSPS) is 22.5. The van der Waals surface area contributed by atoms with Crippen LogP contribution in [0.5, 0.6) is 11.5 Å². The molecule has 5 rings (SSSR count). The molecular formula is C29H28F3N5O9. The summed E-state index contributed by atoms with van der Waals surface area (Å²) < 4.78 is 41.2. The average molecular weight is 648 g/mol. The van der Waals surface area contributed by atoms with Crippen LogP contribution in [0.25, 0.3) is 0 Å². The molecule has 2 aromatic rings. The Kier molecular flexibility index (Phi) is 7.65. The molecule has 0 saturated carbocycles. The zero-order valence-corrected chi connectivity index (χ0v) is 24.2. The van der Waals surface area contributed by atoms with Crippen molar-refractivity contribution in [2.24, 2.45) is 23.4 Å². The maximum absolute atomic E-state index is 14.0. The molecule has 0 spiro atoms. The Bertz CT molecular complexity index is 1750. The van der Waals surface area contributed by atoms with Gasteiger partial charge in [-0.05, 0) is 54.7 Å². The SMILES string of the molecule is CN(C)c1cc(N(N)C(=O)Nc2ccc(OC(F)(F)F)cc2)c(O)c2c1C[C@H]1C[C@H]3CC(O)=C(C(N)=O)C(=O)[C@@]3(O)C(O)=C1C2=O. The Balaban J connectivity index is 1.53. The number of rotatable bonds is 5. The number of allylic oxidation sites excluding steroid dienone is 2. The van der Waals surface area contributed by atoms with Crippen molar-refractivity contribution >= 4 is 40.6 Å². The number of fused-ring (bicyclic) bond motifs is 3. The van der Waals surface area contributed by atoms with Gasteiger partial charge in [0.25, 0.3) is 5.91 Å². The molecule has 0 aliphatic heterocycles. The predicted octanol–water partition coefficient (Wildman–Crippen LogP) is 2.46. The number of benzene rings is 2. The minimum Gasteiger partial charge on any atom is -0.511 e. The van der Waals surface area contributed by atoms with Crippen LogP contribution in [-0.2, 0) is 16.0 Å². The summed E-state index contributed by atoms with van der Waals surface area (Å²) in [6.45, 7) is 0. The number of phenolic OH excluding ortho intramolecular Hbond substituents is 1. The van der Waals surface area contributed by atoms with Crippen LogP contribution < -0.4 is 31.5 Å². The van der Waals surface area contributed by atoms with Crippen LogP contribution in [0.4, 0.5) is 35.0 Å². The van der Waals surface area contributed by atoms with Gasteiger partial charge in [0.15, 0.2) is 17.1 Å². The third-order valence-corrected chi connectivity index (χ3v) is 8.32. The van der Waals surface area contributed by atoms with Gasteiger partial charge in [-0.2, -0.15) is 0 Å². The number of carbonyl (C=O) groups excluding carboxylic acids is 4. The molecule has 244 valence electrons. The van der Waals surface area contributed by atoms with E-state index in [1.165, 1.54) is 6.07 Å². The van der Waals surface area contributed by atoms with E-state index >= 15 is 0 Å². The molecule has 9 N–H and O–H groups in total. The van der Waals surface area contributed by atoms with E-state index < -0.39 is 81.5 Å². The number of amides is 3. The summed E-state index contributed by atoms with van der Waals surface area (Å²) in [5.41, 5.74) is 1.04. The molecule has 0 bridgehead atoms. The third-order valence-electron chi connectivity index (χ3n) is 8.32. The number of ketones is 2. The fraction of sp³-hybridized carbons (Fsp3) is 0.310. The monoisotopic (exact) mass is 647 g/mol. The van der Waals surface area contributed by atoms with Crippen LogP contribution in [0.3, 0.4) is 0 Å². The van der Waals surface area contributed by atoms with Crippen molar-refractivity contribution in [2.45, 2.75) is 31.2 Å². The van der Waals surface area contributed by atoms with Gasteiger partial charge in [0.05, 0.1) is 5.56 Å². The van der Waals surface area contributed by atoms with Crippen molar-refractivity contribution in [2.75, 3.05) is 29.3 Å². The number of carbonyl (C=O) groups is 4. The van der Waals surface area contributed by atoms with Gasteiger partial charge in [-0.25, -0.2) is 15.6 Å². The number of ether oxygens (including phenoxy) is 1. The number of hydrogen-bond donors (Lipinski definition) is 7. The first kappa shape index (κ1) is 32.1. The fourth-order valence-electron chi connectivity index (χ4n) is 6.27. The number of urea groups is 1. The van der Waals surface area contributed by atoms with Crippen LogP contribution in [0.1, 0.15) is 28.8 Å². The lowest BCUT2D eigenvalue weighted by Crippen LogP contribution is -2.57. The number of hydrazine groups is 1. The number of phenols is 1. The van der Waals surface area contributed by atoms with E-state index in [1.54, 1.807) is 19.0 Å². The average Bonchev–Trinajstić information content (AvgIpc) is 2.94. The molecule has 14 nitrogen and oxygen atoms in total. The van der Waals surface area contributed by atoms with Gasteiger partial charge in [-0.1, -0.05) is 0 Å². The van der Waals surface area contributed by atoms with E-state index in [1.807, 2.05) is 0 Å². The number of nitrogens with two attached hydrogens (primary N) is 2. The lowest BCUT2D eigenvalue weighted by Gasteiger charge is -2.46. The summed E-state index contributed by atoms with van der Waals surface area (Å²) in [6, 6.07) is 4.37. The summed E-state index contributed by atoms with van der Waals surface area (Å²) in [5, 5.41) is 47.1. The molecule has 17 heteroatoms. The van der Waals surface area contributed by atoms with Crippen molar-refractivity contribution in [3.8, 4) is 11.5 Å². The van der Waals surface area contributed by atoms with E-state index in [-0.39, 0.29) is 36.2 Å². The van der Waals surface area contributed by atoms with Crippen molar-refractivity contribution in [3.05, 3.63) is 64.1 Å². The zero-order chi connectivity index (χ0) is 34.0. The number of hydrogen-bond acceptors (Lipinski definition) is 11. The lowest BCUT2D eigenvalue weighted by molar-refractivity contribution is -0.274. The summed E-state index contributed by atoms with van der Waals surface area (Å²) in [4.78, 5) is 53.6. The van der Waals surface area contributed by atoms with Crippen LogP contribution in [-0.4, -0.2) is 70.0 Å². The number of nitrogens with zero attached hydrogens (tertiary/aromatic N) is 2. The van der Waals surface area contributed by atoms with Crippen LogP contribution >= 0.6 is 0 Å². The number of anilines is 3. The topological polar surface area (TPSA) is 229 Å². The molecule has 0 saturated heterocycles. The van der Waals surface area contributed by atoms with E-state index in [2.05, 4.69) is 10.1 Å². The van der Waals surface area contributed by atoms with Gasteiger partial charge < -0.3 is 41.1 Å². The van der Waals surface area contributed by atoms with Crippen molar-refractivity contribution in [3.63, 3.8) is 0 Å². The Morgan fingerprint density at radius 2 is 1.70 bits per heavy atom. The molecule has 3 amide bonds. The number of nitrogens with one attached hydrogen (secondary N) is 1. The summed E-state index contributed by atoms with van der Waals surface area (Å²) in [6.07, 6.45) is -5.36. The number of alkyl halides is 3. The number of aliphatic hydroxyl groups excluding tert-OH is 2. The molecule has 2 aromatic carbocycles. The second-order valence-corrected chi connectivity index (χ2v) is 11.3. The van der Waals surface area contributed by atoms with Gasteiger partial charge >= 0.3 is 12.4 Å². The van der Waals surface area contributed by atoms with E-state index in [4.69, 9.17) is 11.6 Å². The highest BCUT2D eigenvalue weighted by Gasteiger charge is 2.59. The summed E-state index contributed by atoms with van der Waals surface area (Å²) in [7, 11) is 3.23. The quantitative estimate of drug-likeness (QED) is 0.108. The number of aliphatic hydroxyl groups is 3. The van der Waals surface area contributed by atoms with Crippen LogP contribution in [0, 0.1) is 11.8 Å². The first-order valence-corrected chi connectivity index (χ1v) is 13.6. The summed E-state index contributed by atoms with van der Waals surface area (Å²) >= 11 is 0. The maximum atomic E-state index is 14.0. The fourth-order valence-corrected chi connectivity index (χ4v) is 6.27. The second-order valence-electron chi connectivity index (χ2n) is 11.3. The Morgan fingerprint density at radius 3 is 2.26 bits per heavy atom. The highest BCUT2D eigenvalue weighted by atomic mass is 19.4. The Labute approximate surface area is 257 Å². The number of aromatic hydroxyl groups is 1. The highest BCUT2D eigenvalue weighted by molar-refractivity contribution is 6.24. The Hall–Kier alpha value is -5.29. The van der Waals surface area contributed by atoms with Gasteiger partial charge in [-0.3, -0.25) is 14.4 Å². The Morgan fingerprint density at radius 1 is 1.07 bits per heavy atom. The number of primary amides is 1. The van der Waals surface area contributed by atoms with Crippen molar-refractivity contribution in [1.82, 2.24) is 0 Å². The van der Waals surface area contributed by atoms with Gasteiger partial charge in [-0.15, -0.1) is 13.2 Å². The van der Waals surface area contributed by atoms with Gasteiger partial charge in [0.2, 0.25) is 5.78 Å². The molecule has 0 radical (unpaired) electrons. The van der Waals surface area contributed by atoms with E-state index in [0.717, 1.165) is 24.3 Å². The van der Waals surface area contributed by atoms with Crippen molar-refractivity contribution < 1.29 is 57.5 Å². The molecule has 0 fully saturated rings. The minimum atomic E-state index is -4.92. The molecule has 3 aliphatic rings. The predicted molar refractivity (Wildman–Crippen MR) is 154 cm³/mol. The maximum Gasteiger partial charge on any atom is 0.573 e. The first-order valence-electron chi connectivity index (χ1n) is 13.6. The van der Waals surface area contributed by atoms with Gasteiger partial charge in [0, 0.05) is 43.4 Å². The molecule has 0 heterocycles. The highest BCUT2D eigenvalue weighted by Crippen LogP contribution is 2.53. The van der Waals surface area contributed by atoms with Gasteiger partial charge in [0.1, 0.15) is 28.5 Å².